The molecule has 0 N–H and O–H groups in total. The van der Waals surface area contributed by atoms with E-state index in [1.54, 1.807) is 0 Å². The summed E-state index contributed by atoms with van der Waals surface area (Å²) in [5.41, 5.74) is 14.7. The Morgan fingerprint density at radius 2 is 0.725 bits per heavy atom. The predicted molar refractivity (Wildman–Crippen MR) is 161 cm³/mol. The van der Waals surface area contributed by atoms with E-state index in [1.807, 2.05) is 61.5 Å². The number of hydrogen-bond acceptors (Lipinski definition) is 0. The van der Waals surface area contributed by atoms with Crippen LogP contribution in [0.4, 0.5) is 0 Å². The van der Waals surface area contributed by atoms with Crippen LogP contribution in [0.15, 0.2) is 72.8 Å². The summed E-state index contributed by atoms with van der Waals surface area (Å²) in [5, 5.41) is 0. The quantitative estimate of drug-likeness (QED) is 0.134. The van der Waals surface area contributed by atoms with Gasteiger partial charge in [0.2, 0.25) is 0 Å². The number of fused-ring (bicyclic) bond motifs is 10. The normalized spacial score (nSPS) is 10.8. The zero-order valence-electron chi connectivity index (χ0n) is 26.7. The van der Waals surface area contributed by atoms with E-state index in [9.17, 15) is 0 Å². The van der Waals surface area contributed by atoms with Gasteiger partial charge in [0.1, 0.15) is 0 Å². The Kier molecular flexibility index (Phi) is 25.0. The van der Waals surface area contributed by atoms with Crippen LogP contribution in [0.1, 0.15) is 94.3 Å². The maximum Gasteiger partial charge on any atom is 0.0281 e. The Balaban J connectivity index is -0.00000106. The molecule has 0 heterocycles. The SMILES string of the molecule is CC.CC.CC.CC.Cc1ccc2c(c1)C1(c3c[c-]ccc3-2)c2cc(C)ccc2-c2ccc(C)cc21.[Y].[Y].[Y].[Y]. The first-order valence-electron chi connectivity index (χ1n) is 14.0. The van der Waals surface area contributed by atoms with Crippen LogP contribution in [0, 0.1) is 26.8 Å². The van der Waals surface area contributed by atoms with Gasteiger partial charge in [-0.05, 0) is 54.2 Å². The minimum atomic E-state index is -0.239. The van der Waals surface area contributed by atoms with Crippen molar-refractivity contribution in [1.29, 1.82) is 0 Å². The second-order valence-electron chi connectivity index (χ2n) is 8.37. The molecule has 0 saturated heterocycles. The second-order valence-corrected chi connectivity index (χ2v) is 8.37. The Morgan fingerprint density at radius 1 is 0.425 bits per heavy atom. The maximum atomic E-state index is 3.38. The summed E-state index contributed by atoms with van der Waals surface area (Å²) < 4.78 is 0. The van der Waals surface area contributed by atoms with E-state index in [1.165, 1.54) is 61.2 Å². The van der Waals surface area contributed by atoms with Crippen molar-refractivity contribution in [2.75, 3.05) is 0 Å². The largest absolute Gasteiger partial charge is 0.183 e. The third kappa shape index (κ3) is 8.31. The molecule has 0 fully saturated rings. The molecular weight excluding hydrogens is 788 g/mol. The number of aryl methyl sites for hydroxylation is 3. The Hall–Kier alpha value is 1.30. The fourth-order valence-corrected chi connectivity index (χ4v) is 5.46. The van der Waals surface area contributed by atoms with Gasteiger partial charge in [0.15, 0.2) is 0 Å². The topological polar surface area (TPSA) is 0 Å². The third-order valence-electron chi connectivity index (χ3n) is 6.59. The van der Waals surface area contributed by atoms with Crippen molar-refractivity contribution >= 4 is 0 Å². The number of rotatable bonds is 0. The van der Waals surface area contributed by atoms with Gasteiger partial charge >= 0.3 is 0 Å². The summed E-state index contributed by atoms with van der Waals surface area (Å²) in [5.74, 6) is 0. The minimum Gasteiger partial charge on any atom is -0.183 e. The van der Waals surface area contributed by atoms with Crippen molar-refractivity contribution in [1.82, 2.24) is 0 Å². The summed E-state index contributed by atoms with van der Waals surface area (Å²) in [7, 11) is 0. The Labute approximate surface area is 347 Å². The van der Waals surface area contributed by atoms with Crippen LogP contribution in [0.2, 0.25) is 0 Å². The molecule has 2 aliphatic carbocycles. The summed E-state index contributed by atoms with van der Waals surface area (Å²) >= 11 is 0. The predicted octanol–water partition coefficient (Wildman–Crippen LogP) is 10.9. The van der Waals surface area contributed by atoms with Crippen molar-refractivity contribution in [2.24, 2.45) is 0 Å². The van der Waals surface area contributed by atoms with E-state index in [2.05, 4.69) is 93.6 Å². The van der Waals surface area contributed by atoms with Crippen molar-refractivity contribution in [3.8, 4) is 22.3 Å². The molecule has 0 atom stereocenters. The van der Waals surface area contributed by atoms with Gasteiger partial charge in [-0.1, -0.05) is 127 Å². The zero-order valence-corrected chi connectivity index (χ0v) is 38.1. The van der Waals surface area contributed by atoms with Gasteiger partial charge in [-0.3, -0.25) is 0 Å². The van der Waals surface area contributed by atoms with E-state index in [-0.39, 0.29) is 136 Å². The van der Waals surface area contributed by atoms with Gasteiger partial charge in [0.05, 0.1) is 0 Å². The second kappa shape index (κ2) is 21.9. The first-order chi connectivity index (χ1) is 17.6. The van der Waals surface area contributed by atoms with E-state index in [0.29, 0.717) is 0 Å². The average molecular weight is 833 g/mol. The van der Waals surface area contributed by atoms with Gasteiger partial charge in [-0.2, -0.15) is 24.3 Å². The van der Waals surface area contributed by atoms with Gasteiger partial charge in [-0.25, -0.2) is 0 Å². The molecule has 0 unspecified atom stereocenters. The molecule has 2 aliphatic rings. The van der Waals surface area contributed by atoms with Crippen molar-refractivity contribution < 1.29 is 131 Å². The van der Waals surface area contributed by atoms with Gasteiger partial charge < -0.3 is 0 Å². The van der Waals surface area contributed by atoms with Crippen molar-refractivity contribution in [3.63, 3.8) is 0 Å². The molecule has 6 rings (SSSR count). The maximum absolute atomic E-state index is 3.38. The first-order valence-corrected chi connectivity index (χ1v) is 14.0. The molecule has 4 aromatic rings. The molecule has 0 aliphatic heterocycles. The molecule has 4 aromatic carbocycles. The Morgan fingerprint density at radius 3 is 1.05 bits per heavy atom. The van der Waals surface area contributed by atoms with Gasteiger partial charge in [0, 0.05) is 136 Å². The molecular formula is C36H45Y4-. The van der Waals surface area contributed by atoms with Crippen LogP contribution in [0.3, 0.4) is 0 Å². The van der Waals surface area contributed by atoms with Crippen LogP contribution in [0.5, 0.6) is 0 Å². The van der Waals surface area contributed by atoms with Crippen molar-refractivity contribution in [3.05, 3.63) is 118 Å². The molecule has 0 bridgehead atoms. The first kappa shape index (κ1) is 45.7. The standard InChI is InChI=1S/C28H21.4C2H6.4Y/c1-17-8-11-21-20-6-4-5-7-24(20)28(25(21)14-17)26-15-18(2)9-12-22(26)23-13-10-19(3)16-27(23)28;4*1-2;;;;/h4,6-16H,1-3H3;4*1-2H3;;;;/q-1;;;;;;;;. The van der Waals surface area contributed by atoms with Crippen LogP contribution >= 0.6 is 0 Å². The summed E-state index contributed by atoms with van der Waals surface area (Å²) in [6.07, 6.45) is 0. The number of hydrogen-bond donors (Lipinski definition) is 0. The molecule has 0 amide bonds. The molecule has 0 nitrogen and oxygen atoms in total. The third-order valence-corrected chi connectivity index (χ3v) is 6.59. The fourth-order valence-electron chi connectivity index (χ4n) is 5.46. The number of benzene rings is 4. The smallest absolute Gasteiger partial charge is 0.0281 e. The molecule has 4 radical (unpaired) electrons. The molecule has 202 valence electrons. The molecule has 0 saturated carbocycles. The summed E-state index contributed by atoms with van der Waals surface area (Å²) in [6, 6.07) is 30.7. The zero-order chi connectivity index (χ0) is 27.0. The summed E-state index contributed by atoms with van der Waals surface area (Å²) in [4.78, 5) is 0. The van der Waals surface area contributed by atoms with E-state index >= 15 is 0 Å². The van der Waals surface area contributed by atoms with E-state index in [4.69, 9.17) is 0 Å². The van der Waals surface area contributed by atoms with Crippen LogP contribution < -0.4 is 0 Å². The van der Waals surface area contributed by atoms with Crippen LogP contribution in [-0.4, -0.2) is 0 Å². The monoisotopic (exact) mass is 833 g/mol. The van der Waals surface area contributed by atoms with Gasteiger partial charge in [0.25, 0.3) is 0 Å². The van der Waals surface area contributed by atoms with Crippen molar-refractivity contribution in [2.45, 2.75) is 81.6 Å². The Bertz CT molecular complexity index is 1230. The molecule has 0 aromatic heterocycles. The molecule has 1 spiro atoms. The minimum absolute atomic E-state index is 0. The van der Waals surface area contributed by atoms with Crippen LogP contribution in [0.25, 0.3) is 22.3 Å². The average Bonchev–Trinajstić information content (AvgIpc) is 3.39. The fraction of sp³-hybridized carbons (Fsp3) is 0.333. The molecule has 40 heavy (non-hydrogen) atoms. The van der Waals surface area contributed by atoms with E-state index in [0.717, 1.165) is 0 Å². The summed E-state index contributed by atoms with van der Waals surface area (Å²) in [6.45, 7) is 22.6. The van der Waals surface area contributed by atoms with Gasteiger partial charge in [-0.15, -0.1) is 11.1 Å². The van der Waals surface area contributed by atoms with E-state index < -0.39 is 0 Å². The molecule has 4 heteroatoms. The van der Waals surface area contributed by atoms with Crippen LogP contribution in [-0.2, 0) is 136 Å².